The second-order valence-corrected chi connectivity index (χ2v) is 9.42. The molecule has 1 saturated heterocycles. The highest BCUT2D eigenvalue weighted by atomic mass is 35.5. The fourth-order valence-corrected chi connectivity index (χ4v) is 4.93. The van der Waals surface area contributed by atoms with E-state index < -0.39 is 17.7 Å². The molecule has 3 aromatic carbocycles. The molecule has 4 rings (SSSR count). The number of nitrogens with zero attached hydrogens (tertiary/aromatic N) is 1. The molecule has 1 fully saturated rings. The van der Waals surface area contributed by atoms with Crippen molar-refractivity contribution in [1.29, 1.82) is 0 Å². The molecule has 1 aliphatic heterocycles. The fraction of sp³-hybridized carbons (Fsp3) is 0.267. The molecule has 0 saturated carbocycles. The summed E-state index contributed by atoms with van der Waals surface area (Å²) in [4.78, 5) is 27.9. The van der Waals surface area contributed by atoms with Crippen LogP contribution in [0.1, 0.15) is 34.7 Å². The number of benzene rings is 3. The summed E-state index contributed by atoms with van der Waals surface area (Å²) in [6.07, 6.45) is 0.526. The molecule has 0 radical (unpaired) electrons. The molecule has 1 atom stereocenters. The topological polar surface area (TPSA) is 85.3 Å². The summed E-state index contributed by atoms with van der Waals surface area (Å²) < 4.78 is 16.5. The van der Waals surface area contributed by atoms with E-state index in [1.807, 2.05) is 37.3 Å². The number of rotatable bonds is 10. The second kappa shape index (κ2) is 12.2. The van der Waals surface area contributed by atoms with Gasteiger partial charge in [0.2, 0.25) is 0 Å². The third-order valence-electron chi connectivity index (χ3n) is 6.38. The van der Waals surface area contributed by atoms with Crippen LogP contribution in [-0.2, 0) is 20.9 Å². The maximum Gasteiger partial charge on any atom is 0.295 e. The normalized spacial score (nSPS) is 16.6. The number of Topliss-reactive ketones (excluding diaryl/α,β-unsaturated/α-hetero) is 1. The zero-order valence-corrected chi connectivity index (χ0v) is 22.3. The number of hydrogen-bond acceptors (Lipinski definition) is 6. The quantitative estimate of drug-likeness (QED) is 0.155. The highest BCUT2D eigenvalue weighted by Gasteiger charge is 2.46. The third kappa shape index (κ3) is 5.69. The van der Waals surface area contributed by atoms with Crippen LogP contribution in [0.4, 0.5) is 0 Å². The van der Waals surface area contributed by atoms with E-state index in [1.54, 1.807) is 43.5 Å². The molecule has 1 N–H and O–H groups in total. The summed E-state index contributed by atoms with van der Waals surface area (Å²) in [6, 6.07) is 19.6. The van der Waals surface area contributed by atoms with Gasteiger partial charge in [0.1, 0.15) is 23.9 Å². The first-order valence-corrected chi connectivity index (χ1v) is 12.6. The van der Waals surface area contributed by atoms with E-state index in [-0.39, 0.29) is 29.2 Å². The highest BCUT2D eigenvalue weighted by molar-refractivity contribution is 6.46. The van der Waals surface area contributed by atoms with Gasteiger partial charge < -0.3 is 24.2 Å². The Balaban J connectivity index is 1.74. The molecule has 198 valence electrons. The van der Waals surface area contributed by atoms with Gasteiger partial charge in [0.15, 0.2) is 0 Å². The van der Waals surface area contributed by atoms with E-state index in [4.69, 9.17) is 25.8 Å². The van der Waals surface area contributed by atoms with Crippen LogP contribution < -0.4 is 9.47 Å². The van der Waals surface area contributed by atoms with Crippen molar-refractivity contribution in [2.24, 2.45) is 0 Å². The molecule has 1 amide bonds. The minimum atomic E-state index is -0.806. The van der Waals surface area contributed by atoms with Crippen molar-refractivity contribution in [2.75, 3.05) is 27.4 Å². The molecule has 38 heavy (non-hydrogen) atoms. The van der Waals surface area contributed by atoms with Gasteiger partial charge in [-0.25, -0.2) is 0 Å². The predicted octanol–water partition coefficient (Wildman–Crippen LogP) is 5.69. The minimum absolute atomic E-state index is 0.0228. The van der Waals surface area contributed by atoms with E-state index in [9.17, 15) is 14.7 Å². The predicted molar refractivity (Wildman–Crippen MR) is 145 cm³/mol. The van der Waals surface area contributed by atoms with Crippen molar-refractivity contribution in [3.8, 4) is 11.5 Å². The number of halogens is 1. The average Bonchev–Trinajstić information content (AvgIpc) is 3.17. The lowest BCUT2D eigenvalue weighted by atomic mass is 9.94. The first-order valence-electron chi connectivity index (χ1n) is 12.2. The van der Waals surface area contributed by atoms with Crippen molar-refractivity contribution in [3.63, 3.8) is 0 Å². The molecule has 0 bridgehead atoms. The number of carbonyl (C=O) groups excluding carboxylic acids is 2. The zero-order chi connectivity index (χ0) is 27.2. The van der Waals surface area contributed by atoms with Crippen molar-refractivity contribution in [3.05, 3.63) is 99.6 Å². The Morgan fingerprint density at radius 1 is 1.03 bits per heavy atom. The van der Waals surface area contributed by atoms with Crippen molar-refractivity contribution in [2.45, 2.75) is 26.0 Å². The van der Waals surface area contributed by atoms with Crippen LogP contribution in [0.5, 0.6) is 11.5 Å². The van der Waals surface area contributed by atoms with E-state index >= 15 is 0 Å². The first kappa shape index (κ1) is 27.2. The van der Waals surface area contributed by atoms with Gasteiger partial charge in [-0.3, -0.25) is 9.59 Å². The van der Waals surface area contributed by atoms with Crippen LogP contribution in [0.25, 0.3) is 5.76 Å². The van der Waals surface area contributed by atoms with Gasteiger partial charge in [-0.1, -0.05) is 54.1 Å². The molecular weight excluding hydrogens is 506 g/mol. The van der Waals surface area contributed by atoms with E-state index in [0.29, 0.717) is 36.0 Å². The van der Waals surface area contributed by atoms with Crippen LogP contribution in [0.3, 0.4) is 0 Å². The Morgan fingerprint density at radius 2 is 1.74 bits per heavy atom. The SMILES string of the molecule is COCCCN1C(=O)C(=O)/C(=C(/O)c2cc(C)cc(Cl)c2OC)C1c1ccc(OCc2ccccc2)cc1. The third-order valence-corrected chi connectivity index (χ3v) is 6.66. The van der Waals surface area contributed by atoms with Crippen LogP contribution in [0.2, 0.25) is 5.02 Å². The second-order valence-electron chi connectivity index (χ2n) is 9.01. The molecule has 0 aliphatic carbocycles. The number of aryl methyl sites for hydroxylation is 1. The van der Waals surface area contributed by atoms with Gasteiger partial charge in [-0.05, 0) is 54.3 Å². The largest absolute Gasteiger partial charge is 0.507 e. The maximum atomic E-state index is 13.3. The number of carbonyl (C=O) groups is 2. The summed E-state index contributed by atoms with van der Waals surface area (Å²) >= 11 is 6.36. The maximum absolute atomic E-state index is 13.3. The van der Waals surface area contributed by atoms with Crippen LogP contribution in [0.15, 0.2) is 72.3 Å². The van der Waals surface area contributed by atoms with Gasteiger partial charge in [0, 0.05) is 20.3 Å². The van der Waals surface area contributed by atoms with Crippen LogP contribution in [-0.4, -0.2) is 49.1 Å². The lowest BCUT2D eigenvalue weighted by Gasteiger charge is -2.25. The molecule has 1 unspecified atom stereocenters. The van der Waals surface area contributed by atoms with E-state index in [0.717, 1.165) is 11.1 Å². The van der Waals surface area contributed by atoms with Gasteiger partial charge in [0.05, 0.1) is 29.3 Å². The monoisotopic (exact) mass is 535 g/mol. The standard InChI is InChI=1S/C30H30ClNO6/c1-19-16-23(29(37-3)24(31)17-19)27(33)25-26(32(14-7-15-36-2)30(35)28(25)34)21-10-12-22(13-11-21)38-18-20-8-5-4-6-9-20/h4-6,8-13,16-17,26,33H,7,14-15,18H2,1-3H3/b27-25+. The highest BCUT2D eigenvalue weighted by Crippen LogP contribution is 2.43. The number of ketones is 1. The molecule has 0 spiro atoms. The van der Waals surface area contributed by atoms with Crippen LogP contribution in [0, 0.1) is 6.92 Å². The Bertz CT molecular complexity index is 1340. The molecule has 8 heteroatoms. The number of hydrogen-bond donors (Lipinski definition) is 1. The molecule has 7 nitrogen and oxygen atoms in total. The van der Waals surface area contributed by atoms with Gasteiger partial charge in [0.25, 0.3) is 11.7 Å². The van der Waals surface area contributed by atoms with Gasteiger partial charge in [-0.15, -0.1) is 0 Å². The number of aliphatic hydroxyl groups excluding tert-OH is 1. The summed E-state index contributed by atoms with van der Waals surface area (Å²) in [7, 11) is 3.01. The molecule has 1 aliphatic rings. The molecule has 1 heterocycles. The Kier molecular flexibility index (Phi) is 8.71. The Labute approximate surface area is 227 Å². The molecule has 0 aromatic heterocycles. The van der Waals surface area contributed by atoms with Crippen molar-refractivity contribution in [1.82, 2.24) is 4.90 Å². The summed E-state index contributed by atoms with van der Waals surface area (Å²) in [6.45, 7) is 2.92. The number of methoxy groups -OCH3 is 2. The summed E-state index contributed by atoms with van der Waals surface area (Å²) in [5.74, 6) is -0.928. The summed E-state index contributed by atoms with van der Waals surface area (Å²) in [5, 5.41) is 11.7. The van der Waals surface area contributed by atoms with Gasteiger partial charge in [-0.2, -0.15) is 0 Å². The number of ether oxygens (including phenoxy) is 3. The van der Waals surface area contributed by atoms with Crippen molar-refractivity contribution >= 4 is 29.1 Å². The van der Waals surface area contributed by atoms with Crippen molar-refractivity contribution < 1.29 is 28.9 Å². The first-order chi connectivity index (χ1) is 18.3. The minimum Gasteiger partial charge on any atom is -0.507 e. The zero-order valence-electron chi connectivity index (χ0n) is 21.6. The number of amides is 1. The lowest BCUT2D eigenvalue weighted by Crippen LogP contribution is -2.31. The number of aliphatic hydroxyl groups is 1. The average molecular weight is 536 g/mol. The lowest BCUT2D eigenvalue weighted by molar-refractivity contribution is -0.140. The fourth-order valence-electron chi connectivity index (χ4n) is 4.58. The Hall–Kier alpha value is -3.81. The van der Waals surface area contributed by atoms with E-state index in [2.05, 4.69) is 0 Å². The molecular formula is C30H30ClNO6. The Morgan fingerprint density at radius 3 is 2.39 bits per heavy atom. The van der Waals surface area contributed by atoms with E-state index in [1.165, 1.54) is 12.0 Å². The number of likely N-dealkylation sites (tertiary alicyclic amines) is 1. The molecule has 3 aromatic rings. The van der Waals surface area contributed by atoms with Crippen LogP contribution >= 0.6 is 11.6 Å². The summed E-state index contributed by atoms with van der Waals surface area (Å²) in [5.41, 5.74) is 2.69. The smallest absolute Gasteiger partial charge is 0.295 e. The van der Waals surface area contributed by atoms with Gasteiger partial charge >= 0.3 is 0 Å².